The van der Waals surface area contributed by atoms with Gasteiger partial charge in [0.2, 0.25) is 0 Å². The number of urea groups is 1. The molecule has 0 radical (unpaired) electrons. The minimum atomic E-state index is -4.61. The monoisotopic (exact) mass is 606 g/mol. The predicted molar refractivity (Wildman–Crippen MR) is 161 cm³/mol. The van der Waals surface area contributed by atoms with Crippen molar-refractivity contribution in [1.29, 1.82) is 0 Å². The van der Waals surface area contributed by atoms with Crippen LogP contribution in [0.1, 0.15) is 53.6 Å². The van der Waals surface area contributed by atoms with Crippen molar-refractivity contribution in [2.24, 2.45) is 0 Å². The quantitative estimate of drug-likeness (QED) is 0.179. The van der Waals surface area contributed by atoms with Crippen LogP contribution in [-0.2, 0) is 19.3 Å². The van der Waals surface area contributed by atoms with Crippen LogP contribution in [0.3, 0.4) is 0 Å². The summed E-state index contributed by atoms with van der Waals surface area (Å²) in [4.78, 5) is 17.2. The van der Waals surface area contributed by atoms with E-state index in [0.29, 0.717) is 34.5 Å². The zero-order valence-corrected chi connectivity index (χ0v) is 25.0. The van der Waals surface area contributed by atoms with Gasteiger partial charge in [-0.2, -0.15) is 13.2 Å². The molecule has 0 bridgehead atoms. The molecule has 0 spiro atoms. The molecule has 2 amide bonds. The summed E-state index contributed by atoms with van der Waals surface area (Å²) in [7, 11) is 2.95. The van der Waals surface area contributed by atoms with Gasteiger partial charge in [0, 0.05) is 31.3 Å². The summed E-state index contributed by atoms with van der Waals surface area (Å²) in [6, 6.07) is 22.0. The van der Waals surface area contributed by atoms with E-state index in [-0.39, 0.29) is 30.8 Å². The molecule has 0 saturated carbocycles. The maximum absolute atomic E-state index is 15.0. The smallest absolute Gasteiger partial charge is 0.416 e. The number of rotatable bonds is 9. The molecule has 44 heavy (non-hydrogen) atoms. The molecule has 0 aliphatic carbocycles. The number of alkyl halides is 3. The van der Waals surface area contributed by atoms with Crippen LogP contribution in [0, 0.1) is 5.82 Å². The van der Waals surface area contributed by atoms with Crippen molar-refractivity contribution >= 4 is 6.03 Å². The molecule has 0 aromatic heterocycles. The number of amides is 2. The maximum atomic E-state index is 15.0. The second-order valence-electron chi connectivity index (χ2n) is 11.2. The minimum absolute atomic E-state index is 0.152. The first-order valence-corrected chi connectivity index (χ1v) is 14.3. The van der Waals surface area contributed by atoms with Gasteiger partial charge >= 0.3 is 12.2 Å². The predicted octanol–water partition coefficient (Wildman–Crippen LogP) is 8.83. The molecule has 4 aromatic rings. The van der Waals surface area contributed by atoms with Crippen molar-refractivity contribution in [3.8, 4) is 22.6 Å². The van der Waals surface area contributed by atoms with Crippen LogP contribution in [0.5, 0.6) is 11.5 Å². The van der Waals surface area contributed by atoms with Gasteiger partial charge in [-0.05, 0) is 64.1 Å². The lowest BCUT2D eigenvalue weighted by molar-refractivity contribution is -0.137. The normalized spacial score (nSPS) is 15.3. The molecule has 4 aromatic carbocycles. The number of carbonyl (C=O) groups excluding carboxylic acids is 1. The molecule has 9 heteroatoms. The van der Waals surface area contributed by atoms with E-state index in [9.17, 15) is 22.4 Å². The lowest BCUT2D eigenvalue weighted by Crippen LogP contribution is -2.32. The fourth-order valence-electron chi connectivity index (χ4n) is 5.66. The number of benzene rings is 4. The van der Waals surface area contributed by atoms with Crippen molar-refractivity contribution in [1.82, 2.24) is 9.80 Å². The van der Waals surface area contributed by atoms with Crippen LogP contribution in [0.2, 0.25) is 0 Å². The number of halogens is 4. The third kappa shape index (κ3) is 6.37. The van der Waals surface area contributed by atoms with E-state index in [2.05, 4.69) is 0 Å². The SMILES string of the molecule is COc1ccc(CN2C(=O)N(Cc3ccccc3)CC2c2cc(C(F)(F)F)ccc2-c2cc(C(C)C)c(F)cc2OC)cc1. The maximum Gasteiger partial charge on any atom is 0.416 e. The Morgan fingerprint density at radius 1 is 0.841 bits per heavy atom. The van der Waals surface area contributed by atoms with Gasteiger partial charge in [-0.1, -0.05) is 62.4 Å². The van der Waals surface area contributed by atoms with Gasteiger partial charge < -0.3 is 19.3 Å². The molecule has 1 atom stereocenters. The molecule has 1 aliphatic rings. The van der Waals surface area contributed by atoms with Gasteiger partial charge in [0.15, 0.2) is 0 Å². The number of ether oxygens (including phenoxy) is 2. The summed E-state index contributed by atoms with van der Waals surface area (Å²) >= 11 is 0. The standard InChI is InChI=1S/C35H34F4N2O3/c1-22(2)28-17-30(33(44-4)18-31(28)36)27-15-12-25(35(37,38)39)16-29(27)32-21-40(19-23-8-6-5-7-9-23)34(42)41(32)20-24-10-13-26(43-3)14-11-24/h5-18,22,32H,19-21H2,1-4H3. The molecule has 1 fully saturated rings. The van der Waals surface area contributed by atoms with E-state index in [1.54, 1.807) is 35.1 Å². The fraction of sp³-hybridized carbons (Fsp3) is 0.286. The van der Waals surface area contributed by atoms with Gasteiger partial charge in [-0.15, -0.1) is 0 Å². The summed E-state index contributed by atoms with van der Waals surface area (Å²) in [5.74, 6) is 0.201. The van der Waals surface area contributed by atoms with Gasteiger partial charge in [0.1, 0.15) is 17.3 Å². The molecule has 230 valence electrons. The Morgan fingerprint density at radius 2 is 1.52 bits per heavy atom. The molecular weight excluding hydrogens is 572 g/mol. The Labute approximate surface area is 254 Å². The van der Waals surface area contributed by atoms with Crippen molar-refractivity contribution in [2.75, 3.05) is 20.8 Å². The Balaban J connectivity index is 1.67. The van der Waals surface area contributed by atoms with E-state index in [0.717, 1.165) is 23.3 Å². The van der Waals surface area contributed by atoms with E-state index in [1.807, 2.05) is 56.3 Å². The zero-order valence-electron chi connectivity index (χ0n) is 25.0. The average Bonchev–Trinajstić information content (AvgIpc) is 3.30. The third-order valence-corrected chi connectivity index (χ3v) is 7.98. The van der Waals surface area contributed by atoms with E-state index in [1.165, 1.54) is 19.2 Å². The van der Waals surface area contributed by atoms with Gasteiger partial charge in [-0.25, -0.2) is 9.18 Å². The Kier molecular flexibility index (Phi) is 8.85. The van der Waals surface area contributed by atoms with Crippen molar-refractivity contribution in [3.05, 3.63) is 119 Å². The van der Waals surface area contributed by atoms with E-state index < -0.39 is 23.6 Å². The number of carbonyl (C=O) groups is 1. The highest BCUT2D eigenvalue weighted by Crippen LogP contribution is 2.44. The Bertz CT molecular complexity index is 1620. The lowest BCUT2D eigenvalue weighted by atomic mass is 9.89. The van der Waals surface area contributed by atoms with Crippen molar-refractivity contribution in [3.63, 3.8) is 0 Å². The number of hydrogen-bond acceptors (Lipinski definition) is 3. The van der Waals surface area contributed by atoms with Gasteiger partial charge in [0.25, 0.3) is 0 Å². The second-order valence-corrected chi connectivity index (χ2v) is 11.2. The summed E-state index contributed by atoms with van der Waals surface area (Å²) in [5.41, 5.74) is 2.47. The highest BCUT2D eigenvalue weighted by molar-refractivity contribution is 5.81. The summed E-state index contributed by atoms with van der Waals surface area (Å²) < 4.78 is 68.2. The highest BCUT2D eigenvalue weighted by atomic mass is 19.4. The Hall–Kier alpha value is -4.53. The minimum Gasteiger partial charge on any atom is -0.497 e. The fourth-order valence-corrected chi connectivity index (χ4v) is 5.66. The molecule has 1 heterocycles. The van der Waals surface area contributed by atoms with Crippen LogP contribution >= 0.6 is 0 Å². The molecule has 1 unspecified atom stereocenters. The molecule has 1 aliphatic heterocycles. The highest BCUT2D eigenvalue weighted by Gasteiger charge is 2.41. The van der Waals surface area contributed by atoms with Crippen LogP contribution in [-0.4, -0.2) is 36.6 Å². The average molecular weight is 607 g/mol. The number of methoxy groups -OCH3 is 2. The molecular formula is C35H34F4N2O3. The van der Waals surface area contributed by atoms with Gasteiger partial charge in [-0.3, -0.25) is 0 Å². The molecule has 0 N–H and O–H groups in total. The largest absolute Gasteiger partial charge is 0.497 e. The first kappa shape index (κ1) is 30.9. The molecule has 5 rings (SSSR count). The first-order chi connectivity index (χ1) is 21.0. The van der Waals surface area contributed by atoms with Gasteiger partial charge in [0.05, 0.1) is 25.8 Å². The topological polar surface area (TPSA) is 42.0 Å². The molecule has 1 saturated heterocycles. The van der Waals surface area contributed by atoms with Crippen molar-refractivity contribution in [2.45, 2.75) is 45.1 Å². The summed E-state index contributed by atoms with van der Waals surface area (Å²) in [5, 5.41) is 0. The summed E-state index contributed by atoms with van der Waals surface area (Å²) in [6.45, 7) is 4.29. The van der Waals surface area contributed by atoms with Crippen LogP contribution in [0.4, 0.5) is 22.4 Å². The lowest BCUT2D eigenvalue weighted by Gasteiger charge is -2.27. The van der Waals surface area contributed by atoms with Crippen LogP contribution in [0.15, 0.2) is 84.9 Å². The molecule has 5 nitrogen and oxygen atoms in total. The first-order valence-electron chi connectivity index (χ1n) is 14.3. The van der Waals surface area contributed by atoms with E-state index >= 15 is 0 Å². The van der Waals surface area contributed by atoms with E-state index in [4.69, 9.17) is 9.47 Å². The Morgan fingerprint density at radius 3 is 2.14 bits per heavy atom. The van der Waals surface area contributed by atoms with Crippen LogP contribution < -0.4 is 9.47 Å². The number of nitrogens with zero attached hydrogens (tertiary/aromatic N) is 2. The second kappa shape index (κ2) is 12.6. The third-order valence-electron chi connectivity index (χ3n) is 7.98. The number of hydrogen-bond donors (Lipinski definition) is 0. The van der Waals surface area contributed by atoms with Crippen LogP contribution in [0.25, 0.3) is 11.1 Å². The zero-order chi connectivity index (χ0) is 31.6. The summed E-state index contributed by atoms with van der Waals surface area (Å²) in [6.07, 6.45) is -4.61. The van der Waals surface area contributed by atoms with Crippen molar-refractivity contribution < 1.29 is 31.8 Å².